The Morgan fingerprint density at radius 1 is 0.258 bits per heavy atom. The van der Waals surface area contributed by atoms with Crippen LogP contribution in [-0.2, 0) is 16.2 Å². The molecular weight excluding hydrogens is 795 g/mol. The molecule has 310 valence electrons. The standard InChI is InChI=1S/C65H45N/c1-63(2)53-27-11-6-21-47(53)52-40-39-45(41-61(52)63)66(43-19-4-3-5-20-43)44-37-35-42(36-38-44)46-26-18-34-60-62(46)65(56-30-14-9-24-50(56)51-25-10-15-31-57(51)65)59-33-17-16-32-58(59)64(60)54-28-12-7-22-48(54)49-23-8-13-29-55(49)64/h3-41H,1-2H3. The van der Waals surface area contributed by atoms with Gasteiger partial charge in [0.2, 0.25) is 0 Å². The maximum Gasteiger partial charge on any atom is 0.0725 e. The first-order valence-corrected chi connectivity index (χ1v) is 23.3. The fraction of sp³-hybridized carbons (Fsp3) is 0.0769. The molecule has 0 aliphatic heterocycles. The van der Waals surface area contributed by atoms with Crippen LogP contribution >= 0.6 is 0 Å². The molecule has 0 atom stereocenters. The average Bonchev–Trinajstić information content (AvgIpc) is 3.93. The summed E-state index contributed by atoms with van der Waals surface area (Å²) in [4.78, 5) is 2.42. The lowest BCUT2D eigenvalue weighted by atomic mass is 9.51. The molecule has 0 aromatic heterocycles. The fourth-order valence-electron chi connectivity index (χ4n) is 13.2. The summed E-state index contributed by atoms with van der Waals surface area (Å²) in [6.45, 7) is 4.73. The van der Waals surface area contributed by atoms with Crippen LogP contribution in [-0.4, -0.2) is 0 Å². The third-order valence-electron chi connectivity index (χ3n) is 15.8. The number of nitrogens with zero attached hydrogens (tertiary/aromatic N) is 1. The Hall–Kier alpha value is -8.00. The summed E-state index contributed by atoms with van der Waals surface area (Å²) in [5, 5.41) is 0. The number of anilines is 3. The van der Waals surface area contributed by atoms with Crippen LogP contribution in [0.15, 0.2) is 237 Å². The Morgan fingerprint density at radius 3 is 1.20 bits per heavy atom. The quantitative estimate of drug-likeness (QED) is 0.171. The summed E-state index contributed by atoms with van der Waals surface area (Å²) in [5.74, 6) is 0. The number of benzene rings is 10. The molecule has 0 saturated carbocycles. The zero-order valence-electron chi connectivity index (χ0n) is 37.0. The highest BCUT2D eigenvalue weighted by atomic mass is 15.1. The normalized spacial score (nSPS) is 15.2. The summed E-state index contributed by atoms with van der Waals surface area (Å²) in [7, 11) is 0. The zero-order chi connectivity index (χ0) is 43.8. The van der Waals surface area contributed by atoms with E-state index in [1.165, 1.54) is 100 Å². The van der Waals surface area contributed by atoms with Gasteiger partial charge in [-0.1, -0.05) is 214 Å². The predicted molar refractivity (Wildman–Crippen MR) is 272 cm³/mol. The molecule has 1 nitrogen and oxygen atoms in total. The van der Waals surface area contributed by atoms with E-state index in [4.69, 9.17) is 0 Å². The minimum atomic E-state index is -0.572. The Kier molecular flexibility index (Phi) is 7.66. The lowest BCUT2D eigenvalue weighted by Crippen LogP contribution is -2.44. The molecule has 0 unspecified atom stereocenters. The maximum atomic E-state index is 2.46. The summed E-state index contributed by atoms with van der Waals surface area (Å²) in [6.07, 6.45) is 0. The highest BCUT2D eigenvalue weighted by Crippen LogP contribution is 2.68. The number of hydrogen-bond donors (Lipinski definition) is 0. The van der Waals surface area contributed by atoms with Crippen LogP contribution in [0.2, 0.25) is 0 Å². The first kappa shape index (κ1) is 37.4. The predicted octanol–water partition coefficient (Wildman–Crippen LogP) is 16.2. The Morgan fingerprint density at radius 2 is 0.636 bits per heavy atom. The van der Waals surface area contributed by atoms with Crippen molar-refractivity contribution in [2.75, 3.05) is 4.90 Å². The fourth-order valence-corrected chi connectivity index (χ4v) is 13.2. The van der Waals surface area contributed by atoms with Crippen LogP contribution < -0.4 is 4.90 Å². The number of hydrogen-bond acceptors (Lipinski definition) is 1. The van der Waals surface area contributed by atoms with Gasteiger partial charge in [-0.2, -0.15) is 0 Å². The Labute approximate surface area is 387 Å². The van der Waals surface area contributed by atoms with Gasteiger partial charge in [-0.25, -0.2) is 0 Å². The van der Waals surface area contributed by atoms with Gasteiger partial charge in [-0.3, -0.25) is 0 Å². The highest BCUT2D eigenvalue weighted by molar-refractivity contribution is 5.96. The second-order valence-electron chi connectivity index (χ2n) is 19.1. The smallest absolute Gasteiger partial charge is 0.0725 e. The van der Waals surface area contributed by atoms with Crippen molar-refractivity contribution in [3.05, 3.63) is 292 Å². The molecule has 0 heterocycles. The van der Waals surface area contributed by atoms with Gasteiger partial charge in [0.15, 0.2) is 0 Å². The van der Waals surface area contributed by atoms with Crippen molar-refractivity contribution in [3.63, 3.8) is 0 Å². The van der Waals surface area contributed by atoms with Gasteiger partial charge >= 0.3 is 0 Å². The second kappa shape index (κ2) is 13.5. The van der Waals surface area contributed by atoms with Gasteiger partial charge in [0, 0.05) is 22.5 Å². The van der Waals surface area contributed by atoms with E-state index in [2.05, 4.69) is 255 Å². The molecule has 4 aliphatic carbocycles. The first-order valence-electron chi connectivity index (χ1n) is 23.3. The summed E-state index contributed by atoms with van der Waals surface area (Å²) in [5.41, 5.74) is 26.1. The molecule has 4 aliphatic rings. The van der Waals surface area contributed by atoms with Crippen molar-refractivity contribution in [2.45, 2.75) is 30.1 Å². The van der Waals surface area contributed by atoms with Crippen LogP contribution in [0.3, 0.4) is 0 Å². The molecule has 10 aromatic carbocycles. The van der Waals surface area contributed by atoms with E-state index in [0.29, 0.717) is 0 Å². The average molecular weight is 840 g/mol. The van der Waals surface area contributed by atoms with Crippen molar-refractivity contribution in [3.8, 4) is 44.5 Å². The minimum Gasteiger partial charge on any atom is -0.310 e. The molecule has 10 aromatic rings. The third kappa shape index (κ3) is 4.64. The molecule has 66 heavy (non-hydrogen) atoms. The van der Waals surface area contributed by atoms with Crippen LogP contribution in [0.5, 0.6) is 0 Å². The molecule has 2 spiro atoms. The van der Waals surface area contributed by atoms with E-state index < -0.39 is 10.8 Å². The summed E-state index contributed by atoms with van der Waals surface area (Å²) < 4.78 is 0. The topological polar surface area (TPSA) is 3.24 Å². The lowest BCUT2D eigenvalue weighted by Gasteiger charge is -2.49. The van der Waals surface area contributed by atoms with E-state index in [9.17, 15) is 0 Å². The van der Waals surface area contributed by atoms with E-state index in [0.717, 1.165) is 17.1 Å². The minimum absolute atomic E-state index is 0.107. The third-order valence-corrected chi connectivity index (χ3v) is 15.8. The van der Waals surface area contributed by atoms with Crippen LogP contribution in [0.1, 0.15) is 69.5 Å². The van der Waals surface area contributed by atoms with Crippen molar-refractivity contribution in [1.29, 1.82) is 0 Å². The van der Waals surface area contributed by atoms with Gasteiger partial charge in [0.1, 0.15) is 0 Å². The van der Waals surface area contributed by atoms with Gasteiger partial charge in [0.05, 0.1) is 10.8 Å². The molecule has 0 N–H and O–H groups in total. The molecule has 0 fully saturated rings. The van der Waals surface area contributed by atoms with E-state index in [1.54, 1.807) is 0 Å². The van der Waals surface area contributed by atoms with Crippen molar-refractivity contribution < 1.29 is 0 Å². The molecule has 0 bridgehead atoms. The van der Waals surface area contributed by atoms with E-state index in [-0.39, 0.29) is 5.41 Å². The number of rotatable bonds is 4. The van der Waals surface area contributed by atoms with Crippen molar-refractivity contribution in [2.24, 2.45) is 0 Å². The van der Waals surface area contributed by atoms with Gasteiger partial charge < -0.3 is 4.90 Å². The Balaban J connectivity index is 1.03. The molecule has 0 amide bonds. The largest absolute Gasteiger partial charge is 0.310 e. The number of fused-ring (bicyclic) bond motifs is 19. The first-order chi connectivity index (χ1) is 32.5. The SMILES string of the molecule is CC1(C)c2ccccc2-c2ccc(N(c3ccccc3)c3ccc(-c4cccc5c4C4(c6ccccc6-c6ccccc64)c4ccccc4C54c5ccccc5-c5ccccc54)cc3)cc21. The van der Waals surface area contributed by atoms with Crippen molar-refractivity contribution >= 4 is 17.1 Å². The Bertz CT molecular complexity index is 3540. The van der Waals surface area contributed by atoms with Gasteiger partial charge in [-0.15, -0.1) is 0 Å². The summed E-state index contributed by atoms with van der Waals surface area (Å²) in [6, 6.07) is 89.5. The second-order valence-corrected chi connectivity index (χ2v) is 19.1. The maximum absolute atomic E-state index is 2.46. The van der Waals surface area contributed by atoms with E-state index >= 15 is 0 Å². The molecule has 1 heteroatoms. The van der Waals surface area contributed by atoms with Crippen molar-refractivity contribution in [1.82, 2.24) is 0 Å². The number of para-hydroxylation sites is 1. The molecule has 0 saturated heterocycles. The van der Waals surface area contributed by atoms with Gasteiger partial charge in [0.25, 0.3) is 0 Å². The van der Waals surface area contributed by atoms with Crippen LogP contribution in [0.4, 0.5) is 17.1 Å². The molecular formula is C65H45N. The van der Waals surface area contributed by atoms with Crippen LogP contribution in [0.25, 0.3) is 44.5 Å². The van der Waals surface area contributed by atoms with E-state index in [1.807, 2.05) is 0 Å². The van der Waals surface area contributed by atoms with Crippen LogP contribution in [0, 0.1) is 0 Å². The lowest BCUT2D eigenvalue weighted by molar-refractivity contribution is 0.634. The molecule has 0 radical (unpaired) electrons. The van der Waals surface area contributed by atoms with Gasteiger partial charge in [-0.05, 0) is 137 Å². The zero-order valence-corrected chi connectivity index (χ0v) is 37.0. The highest BCUT2D eigenvalue weighted by Gasteiger charge is 2.59. The monoisotopic (exact) mass is 839 g/mol. The summed E-state index contributed by atoms with van der Waals surface area (Å²) >= 11 is 0. The molecule has 14 rings (SSSR count).